The van der Waals surface area contributed by atoms with Crippen LogP contribution in [-0.4, -0.2) is 25.1 Å². The van der Waals surface area contributed by atoms with E-state index in [2.05, 4.69) is 21.3 Å². The molecule has 1 atom stereocenters. The van der Waals surface area contributed by atoms with Crippen molar-refractivity contribution in [1.29, 1.82) is 0 Å². The predicted molar refractivity (Wildman–Crippen MR) is 120 cm³/mol. The molecular weight excluding hydrogens is 414 g/mol. The smallest absolute Gasteiger partial charge is 0.260 e. The van der Waals surface area contributed by atoms with Gasteiger partial charge in [-0.3, -0.25) is 9.59 Å². The number of halogens is 1. The van der Waals surface area contributed by atoms with Gasteiger partial charge in [0, 0.05) is 31.1 Å². The van der Waals surface area contributed by atoms with Crippen LogP contribution in [0.1, 0.15) is 41.1 Å². The molecule has 156 valence electrons. The second-order valence-electron chi connectivity index (χ2n) is 7.23. The molecule has 3 heterocycles. The molecule has 1 amide bonds. The van der Waals surface area contributed by atoms with Crippen LogP contribution in [0.5, 0.6) is 0 Å². The fourth-order valence-corrected chi connectivity index (χ4v) is 4.01. The molecule has 0 saturated carbocycles. The Labute approximate surface area is 183 Å². The van der Waals surface area contributed by atoms with E-state index in [0.717, 1.165) is 0 Å². The fourth-order valence-electron chi connectivity index (χ4n) is 3.75. The molecule has 0 aliphatic heterocycles. The number of terminal acetylenes is 1. The van der Waals surface area contributed by atoms with E-state index in [0.29, 0.717) is 51.4 Å². The van der Waals surface area contributed by atoms with Crippen molar-refractivity contribution < 1.29 is 4.79 Å². The highest BCUT2D eigenvalue weighted by molar-refractivity contribution is 6.35. The lowest BCUT2D eigenvalue weighted by Gasteiger charge is -2.20. The van der Waals surface area contributed by atoms with E-state index in [-0.39, 0.29) is 11.5 Å². The van der Waals surface area contributed by atoms with Gasteiger partial charge in [-0.2, -0.15) is 5.10 Å². The van der Waals surface area contributed by atoms with Gasteiger partial charge in [0.25, 0.3) is 11.5 Å². The van der Waals surface area contributed by atoms with E-state index < -0.39 is 6.04 Å². The van der Waals surface area contributed by atoms with Gasteiger partial charge >= 0.3 is 0 Å². The molecule has 0 bridgehead atoms. The third-order valence-electron chi connectivity index (χ3n) is 5.19. The first-order chi connectivity index (χ1) is 14.9. The molecule has 3 aromatic heterocycles. The molecule has 1 aromatic carbocycles. The average Bonchev–Trinajstić information content (AvgIpc) is 3.08. The molecule has 0 aliphatic rings. The normalized spacial score (nSPS) is 12.1. The molecule has 0 radical (unpaired) electrons. The number of aromatic nitrogens is 4. The number of hydrogen-bond donors (Lipinski definition) is 1. The number of aryl methyl sites for hydroxylation is 1. The Morgan fingerprint density at radius 2 is 2.16 bits per heavy atom. The lowest BCUT2D eigenvalue weighted by molar-refractivity contribution is 0.0939. The molecule has 0 unspecified atom stereocenters. The second-order valence-corrected chi connectivity index (χ2v) is 7.63. The highest BCUT2D eigenvalue weighted by Gasteiger charge is 2.22. The van der Waals surface area contributed by atoms with Crippen molar-refractivity contribution in [2.24, 2.45) is 0 Å². The zero-order chi connectivity index (χ0) is 22.1. The van der Waals surface area contributed by atoms with Crippen molar-refractivity contribution in [3.63, 3.8) is 0 Å². The van der Waals surface area contributed by atoms with Crippen molar-refractivity contribution in [1.82, 2.24) is 24.5 Å². The van der Waals surface area contributed by atoms with Crippen molar-refractivity contribution in [3.8, 4) is 12.3 Å². The molecule has 0 saturated heterocycles. The molecule has 31 heavy (non-hydrogen) atoms. The molecule has 0 fully saturated rings. The summed E-state index contributed by atoms with van der Waals surface area (Å²) in [6.45, 7) is 3.91. The summed E-state index contributed by atoms with van der Waals surface area (Å²) in [4.78, 5) is 30.6. The maximum Gasteiger partial charge on any atom is 0.260 e. The van der Waals surface area contributed by atoms with Crippen molar-refractivity contribution >= 4 is 33.9 Å². The zero-order valence-electron chi connectivity index (χ0n) is 17.1. The van der Waals surface area contributed by atoms with E-state index in [9.17, 15) is 9.59 Å². The fraction of sp³-hybridized carbons (Fsp3) is 0.217. The van der Waals surface area contributed by atoms with Crippen LogP contribution < -0.4 is 10.9 Å². The molecule has 4 aromatic rings. The maximum atomic E-state index is 13.2. The van der Waals surface area contributed by atoms with Crippen molar-refractivity contribution in [2.75, 3.05) is 0 Å². The van der Waals surface area contributed by atoms with Gasteiger partial charge in [0.2, 0.25) is 0 Å². The zero-order valence-corrected chi connectivity index (χ0v) is 17.8. The Balaban J connectivity index is 1.77. The third-order valence-corrected chi connectivity index (χ3v) is 5.50. The number of carbonyl (C=O) groups is 1. The minimum absolute atomic E-state index is 0.233. The SMILES string of the molecule is C#CCCn1c([C@H](C)NC(=O)c2c(C)nn3cccnc23)cc2cccc(Cl)c2c1=O. The largest absolute Gasteiger partial charge is 0.344 e. The summed E-state index contributed by atoms with van der Waals surface area (Å²) in [5, 5.41) is 8.84. The Kier molecular flexibility index (Phi) is 5.49. The number of fused-ring (bicyclic) bond motifs is 2. The van der Waals surface area contributed by atoms with Gasteiger partial charge in [-0.25, -0.2) is 9.50 Å². The number of nitrogens with zero attached hydrogens (tertiary/aromatic N) is 4. The average molecular weight is 434 g/mol. The predicted octanol–water partition coefficient (Wildman–Crippen LogP) is 3.52. The number of amides is 1. The molecule has 7 nitrogen and oxygen atoms in total. The first-order valence-corrected chi connectivity index (χ1v) is 10.2. The maximum absolute atomic E-state index is 13.2. The molecule has 4 rings (SSSR count). The lowest BCUT2D eigenvalue weighted by atomic mass is 10.1. The van der Waals surface area contributed by atoms with Gasteiger partial charge in [0.1, 0.15) is 5.56 Å². The van der Waals surface area contributed by atoms with Crippen LogP contribution in [0.25, 0.3) is 16.4 Å². The quantitative estimate of drug-likeness (QED) is 0.488. The van der Waals surface area contributed by atoms with Crippen LogP contribution in [0.4, 0.5) is 0 Å². The van der Waals surface area contributed by atoms with Crippen LogP contribution in [0.2, 0.25) is 5.02 Å². The summed E-state index contributed by atoms with van der Waals surface area (Å²) in [6.07, 6.45) is 9.16. The summed E-state index contributed by atoms with van der Waals surface area (Å²) >= 11 is 6.29. The Morgan fingerprint density at radius 3 is 2.94 bits per heavy atom. The van der Waals surface area contributed by atoms with E-state index in [1.807, 2.05) is 19.1 Å². The highest BCUT2D eigenvalue weighted by Crippen LogP contribution is 2.24. The lowest BCUT2D eigenvalue weighted by Crippen LogP contribution is -2.33. The number of hydrogen-bond acceptors (Lipinski definition) is 4. The standard InChI is InChI=1S/C23H20ClN5O2/c1-4-5-11-28-18(13-16-8-6-9-17(24)20(16)23(28)31)14(2)26-22(30)19-15(3)27-29-12-7-10-25-21(19)29/h1,6-10,12-14H,5,11H2,2-3H3,(H,26,30)/t14-/m0/s1. The van der Waals surface area contributed by atoms with Gasteiger partial charge in [0.15, 0.2) is 5.65 Å². The molecule has 0 spiro atoms. The minimum Gasteiger partial charge on any atom is -0.344 e. The van der Waals surface area contributed by atoms with E-state index in [1.54, 1.807) is 46.6 Å². The van der Waals surface area contributed by atoms with Gasteiger partial charge in [-0.15, -0.1) is 12.3 Å². The molecule has 0 aliphatic carbocycles. The summed E-state index contributed by atoms with van der Waals surface area (Å²) < 4.78 is 3.15. The summed E-state index contributed by atoms with van der Waals surface area (Å²) in [6, 6.07) is 8.43. The van der Waals surface area contributed by atoms with Crippen LogP contribution >= 0.6 is 11.6 Å². The summed E-state index contributed by atoms with van der Waals surface area (Å²) in [7, 11) is 0. The van der Waals surface area contributed by atoms with E-state index in [4.69, 9.17) is 18.0 Å². The Morgan fingerprint density at radius 1 is 1.35 bits per heavy atom. The van der Waals surface area contributed by atoms with Gasteiger partial charge in [-0.05, 0) is 37.4 Å². The van der Waals surface area contributed by atoms with Gasteiger partial charge in [-0.1, -0.05) is 23.7 Å². The van der Waals surface area contributed by atoms with Crippen LogP contribution in [0.15, 0.2) is 47.5 Å². The monoisotopic (exact) mass is 433 g/mol. The number of carbonyl (C=O) groups excluding carboxylic acids is 1. The minimum atomic E-state index is -0.473. The van der Waals surface area contributed by atoms with Crippen LogP contribution in [0, 0.1) is 19.3 Å². The first kappa shape index (κ1) is 20.6. The van der Waals surface area contributed by atoms with Gasteiger partial charge in [0.05, 0.1) is 22.1 Å². The topological polar surface area (TPSA) is 81.3 Å². The third kappa shape index (κ3) is 3.66. The van der Waals surface area contributed by atoms with Crippen LogP contribution in [-0.2, 0) is 6.54 Å². The number of benzene rings is 1. The highest BCUT2D eigenvalue weighted by atomic mass is 35.5. The van der Waals surface area contributed by atoms with E-state index in [1.165, 1.54) is 0 Å². The van der Waals surface area contributed by atoms with Crippen molar-refractivity contribution in [2.45, 2.75) is 32.9 Å². The summed E-state index contributed by atoms with van der Waals surface area (Å²) in [5.41, 5.74) is 1.85. The molecule has 8 heteroatoms. The molecule has 1 N–H and O–H groups in total. The Bertz CT molecular complexity index is 1410. The summed E-state index contributed by atoms with van der Waals surface area (Å²) in [5.74, 6) is 2.24. The number of pyridine rings is 1. The Hall–Kier alpha value is -3.63. The first-order valence-electron chi connectivity index (χ1n) is 9.78. The van der Waals surface area contributed by atoms with Gasteiger partial charge < -0.3 is 9.88 Å². The number of rotatable bonds is 5. The van der Waals surface area contributed by atoms with E-state index >= 15 is 0 Å². The van der Waals surface area contributed by atoms with Crippen molar-refractivity contribution in [3.05, 3.63) is 75.1 Å². The molecular formula is C23H20ClN5O2. The van der Waals surface area contributed by atoms with Crippen LogP contribution in [0.3, 0.4) is 0 Å². The second kappa shape index (κ2) is 8.25. The number of nitrogens with one attached hydrogen (secondary N) is 1.